The second kappa shape index (κ2) is 6.09. The van der Waals surface area contributed by atoms with Crippen molar-refractivity contribution in [3.8, 4) is 0 Å². The predicted octanol–water partition coefficient (Wildman–Crippen LogP) is 1.09. The van der Waals surface area contributed by atoms with Crippen LogP contribution in [0.2, 0.25) is 4.44 Å². The Kier molecular flexibility index (Phi) is 5.39. The second-order valence-corrected chi connectivity index (χ2v) is 5.71. The molecule has 1 aliphatic rings. The van der Waals surface area contributed by atoms with E-state index in [-0.39, 0.29) is 12.1 Å². The summed E-state index contributed by atoms with van der Waals surface area (Å²) in [7, 11) is 2.15. The van der Waals surface area contributed by atoms with Crippen LogP contribution in [0.25, 0.3) is 0 Å². The van der Waals surface area contributed by atoms with Crippen LogP contribution in [0, 0.1) is 11.8 Å². The molecule has 0 aliphatic carbocycles. The monoisotopic (exact) mass is 318 g/mol. The Hall–Kier alpha value is 0.229. The molecule has 1 saturated heterocycles. The molecule has 3 radical (unpaired) electrons. The average Bonchev–Trinajstić information content (AvgIpc) is 2.19. The van der Waals surface area contributed by atoms with Gasteiger partial charge in [0.2, 0.25) is 0 Å². The zero-order chi connectivity index (χ0) is 11.4. The van der Waals surface area contributed by atoms with Crippen molar-refractivity contribution >= 4 is 28.5 Å². The van der Waals surface area contributed by atoms with Gasteiger partial charge in [-0.2, -0.15) is 0 Å². The molecule has 0 aromatic rings. The van der Waals surface area contributed by atoms with Crippen molar-refractivity contribution < 1.29 is 9.53 Å². The molecule has 0 amide bonds. The number of hydrogen-bond donors (Lipinski definition) is 0. The number of esters is 1. The van der Waals surface area contributed by atoms with E-state index in [2.05, 4.69) is 18.9 Å². The quantitative estimate of drug-likeness (QED) is 0.577. The molecule has 4 heteroatoms. The second-order valence-electron chi connectivity index (χ2n) is 4.54. The summed E-state index contributed by atoms with van der Waals surface area (Å²) >= 11 is 1.57. The van der Waals surface area contributed by atoms with Crippen molar-refractivity contribution in [3.63, 3.8) is 0 Å². The van der Waals surface area contributed by atoms with E-state index in [1.165, 1.54) is 11.4 Å². The molecule has 3 atom stereocenters. The van der Waals surface area contributed by atoms with Gasteiger partial charge in [-0.1, -0.05) is 0 Å². The third-order valence-corrected chi connectivity index (χ3v) is 5.00. The van der Waals surface area contributed by atoms with Crippen molar-refractivity contribution in [3.05, 3.63) is 0 Å². The van der Waals surface area contributed by atoms with E-state index >= 15 is 0 Å². The van der Waals surface area contributed by atoms with Crippen LogP contribution in [0.3, 0.4) is 0 Å². The van der Waals surface area contributed by atoms with Gasteiger partial charge in [0.1, 0.15) is 0 Å². The molecule has 0 saturated carbocycles. The molecular formula is C11H20NO2Sn. The van der Waals surface area contributed by atoms with Crippen molar-refractivity contribution in [2.75, 3.05) is 20.1 Å². The minimum atomic E-state index is -0.134. The van der Waals surface area contributed by atoms with Gasteiger partial charge in [0.15, 0.2) is 0 Å². The fraction of sp³-hybridized carbons (Fsp3) is 0.909. The zero-order valence-corrected chi connectivity index (χ0v) is 12.7. The summed E-state index contributed by atoms with van der Waals surface area (Å²) in [6.45, 7) is 5.89. The van der Waals surface area contributed by atoms with Gasteiger partial charge in [-0.25, -0.2) is 0 Å². The molecule has 1 heterocycles. The summed E-state index contributed by atoms with van der Waals surface area (Å²) < 4.78 is 6.66. The van der Waals surface area contributed by atoms with Gasteiger partial charge < -0.3 is 0 Å². The molecule has 0 spiro atoms. The Labute approximate surface area is 106 Å². The first-order valence-electron chi connectivity index (χ1n) is 5.55. The number of carbonyl (C=O) groups excluding carboxylic acids is 1. The van der Waals surface area contributed by atoms with Crippen LogP contribution in [-0.2, 0) is 9.53 Å². The molecule has 3 unspecified atom stereocenters. The van der Waals surface area contributed by atoms with Gasteiger partial charge in [0.05, 0.1) is 0 Å². The van der Waals surface area contributed by atoms with Gasteiger partial charge >= 0.3 is 106 Å². The molecule has 3 nitrogen and oxygen atoms in total. The van der Waals surface area contributed by atoms with E-state index in [9.17, 15) is 4.79 Å². The summed E-state index contributed by atoms with van der Waals surface area (Å²) in [6, 6.07) is 0. The van der Waals surface area contributed by atoms with Crippen LogP contribution >= 0.6 is 0 Å². The van der Waals surface area contributed by atoms with Gasteiger partial charge in [-0.05, 0) is 0 Å². The Bertz CT molecular complexity index is 223. The number of nitrogens with zero attached hydrogens (tertiary/aromatic N) is 1. The third kappa shape index (κ3) is 3.94. The van der Waals surface area contributed by atoms with E-state index in [0.717, 1.165) is 19.5 Å². The Balaban J connectivity index is 2.61. The first-order chi connectivity index (χ1) is 7.04. The van der Waals surface area contributed by atoms with E-state index in [4.69, 9.17) is 4.74 Å². The third-order valence-electron chi connectivity index (χ3n) is 3.17. The number of likely N-dealkylation sites (tertiary alicyclic amines) is 1. The van der Waals surface area contributed by atoms with Gasteiger partial charge in [-0.15, -0.1) is 0 Å². The summed E-state index contributed by atoms with van der Waals surface area (Å²) in [5, 5.41) is 0. The standard InChI is InChI=1S/C11H20NO2.Sn/c1-8(2)10-7-12(4)6-5-11(10)14-9(3)13;/h8,10-11H,1,5-7H2,2-4H3;. The van der Waals surface area contributed by atoms with E-state index < -0.39 is 0 Å². The number of rotatable bonds is 3. The molecular weight excluding hydrogens is 297 g/mol. The normalized spacial score (nSPS) is 29.9. The van der Waals surface area contributed by atoms with Crippen molar-refractivity contribution in [1.29, 1.82) is 0 Å². The number of hydrogen-bond acceptors (Lipinski definition) is 3. The molecule has 1 aliphatic heterocycles. The van der Waals surface area contributed by atoms with Crippen LogP contribution in [0.4, 0.5) is 0 Å². The van der Waals surface area contributed by atoms with Crippen LogP contribution in [-0.4, -0.2) is 59.6 Å². The van der Waals surface area contributed by atoms with Crippen LogP contribution in [0.1, 0.15) is 20.3 Å². The maximum atomic E-state index is 11.0. The van der Waals surface area contributed by atoms with Gasteiger partial charge in [0.25, 0.3) is 0 Å². The molecule has 1 rings (SSSR count). The molecule has 1 fully saturated rings. The van der Waals surface area contributed by atoms with Crippen molar-refractivity contribution in [2.24, 2.45) is 11.8 Å². The fourth-order valence-electron chi connectivity index (χ4n) is 2.19. The predicted molar refractivity (Wildman–Crippen MR) is 60.9 cm³/mol. The minimum absolute atomic E-state index is 0.134. The van der Waals surface area contributed by atoms with E-state index in [0.29, 0.717) is 11.8 Å². The van der Waals surface area contributed by atoms with Crippen molar-refractivity contribution in [2.45, 2.75) is 30.8 Å². The number of ether oxygens (including phenoxy) is 1. The van der Waals surface area contributed by atoms with E-state index in [1.807, 2.05) is 0 Å². The maximum absolute atomic E-state index is 11.0. The van der Waals surface area contributed by atoms with E-state index in [1.54, 1.807) is 22.5 Å². The average molecular weight is 317 g/mol. The van der Waals surface area contributed by atoms with Crippen LogP contribution < -0.4 is 0 Å². The molecule has 0 bridgehead atoms. The van der Waals surface area contributed by atoms with Gasteiger partial charge in [0, 0.05) is 0 Å². The SMILES string of the molecule is CC(=O)OC1CCN(C)CC1C(C)[CH2][Sn]. The molecule has 0 aromatic carbocycles. The zero-order valence-electron chi connectivity index (χ0n) is 9.82. The summed E-state index contributed by atoms with van der Waals surface area (Å²) in [5.74, 6) is 1.05. The number of carbonyl (C=O) groups is 1. The molecule has 85 valence electrons. The Morgan fingerprint density at radius 1 is 1.67 bits per heavy atom. The number of piperidine rings is 1. The van der Waals surface area contributed by atoms with Crippen LogP contribution in [0.15, 0.2) is 0 Å². The Morgan fingerprint density at radius 3 is 2.87 bits per heavy atom. The summed E-state index contributed by atoms with van der Waals surface area (Å²) in [5.41, 5.74) is 0. The molecule has 15 heavy (non-hydrogen) atoms. The first-order valence-corrected chi connectivity index (χ1v) is 7.56. The Morgan fingerprint density at radius 2 is 2.33 bits per heavy atom. The first kappa shape index (κ1) is 13.3. The fourth-order valence-corrected chi connectivity index (χ4v) is 3.05. The van der Waals surface area contributed by atoms with Crippen molar-refractivity contribution in [1.82, 2.24) is 4.90 Å². The topological polar surface area (TPSA) is 29.5 Å². The molecule has 0 N–H and O–H groups in total. The van der Waals surface area contributed by atoms with Crippen LogP contribution in [0.5, 0.6) is 0 Å². The summed E-state index contributed by atoms with van der Waals surface area (Å²) in [4.78, 5) is 13.4. The molecule has 0 aromatic heterocycles. The van der Waals surface area contributed by atoms with Gasteiger partial charge in [-0.3, -0.25) is 0 Å². The summed E-state index contributed by atoms with van der Waals surface area (Å²) in [6.07, 6.45) is 1.13.